The second kappa shape index (κ2) is 8.19. The number of aryl methyl sites for hydroxylation is 2. The number of benzene rings is 1. The number of rotatable bonds is 5. The van der Waals surface area contributed by atoms with Crippen LogP contribution in [0.1, 0.15) is 31.9 Å². The second-order valence-electron chi connectivity index (χ2n) is 8.08. The third-order valence-corrected chi connectivity index (χ3v) is 4.54. The van der Waals surface area contributed by atoms with E-state index >= 15 is 0 Å². The third-order valence-electron chi connectivity index (χ3n) is 4.54. The van der Waals surface area contributed by atoms with Crippen LogP contribution in [0.5, 0.6) is 5.75 Å². The maximum Gasteiger partial charge on any atom is 0.228 e. The molecule has 1 aromatic carbocycles. The molecule has 5 nitrogen and oxygen atoms in total. The van der Waals surface area contributed by atoms with Gasteiger partial charge in [0, 0.05) is 38.1 Å². The summed E-state index contributed by atoms with van der Waals surface area (Å²) in [4.78, 5) is 16.4. The van der Waals surface area contributed by atoms with E-state index in [1.807, 2.05) is 51.7 Å². The van der Waals surface area contributed by atoms with Crippen molar-refractivity contribution in [1.29, 1.82) is 0 Å². The van der Waals surface area contributed by atoms with E-state index in [4.69, 9.17) is 4.74 Å². The number of carbonyl (C=O) groups is 1. The van der Waals surface area contributed by atoms with Crippen molar-refractivity contribution in [2.75, 3.05) is 39.3 Å². The Labute approximate surface area is 151 Å². The average molecular weight is 348 g/mol. The van der Waals surface area contributed by atoms with Gasteiger partial charge in [-0.15, -0.1) is 0 Å². The minimum atomic E-state index is -0.537. The van der Waals surface area contributed by atoms with Gasteiger partial charge < -0.3 is 14.7 Å². The Morgan fingerprint density at radius 1 is 1.20 bits per heavy atom. The second-order valence-corrected chi connectivity index (χ2v) is 8.08. The first-order valence-corrected chi connectivity index (χ1v) is 9.06. The molecule has 25 heavy (non-hydrogen) atoms. The van der Waals surface area contributed by atoms with Crippen molar-refractivity contribution < 1.29 is 14.6 Å². The molecule has 5 heteroatoms. The maximum absolute atomic E-state index is 12.3. The van der Waals surface area contributed by atoms with Crippen LogP contribution in [0, 0.1) is 19.3 Å². The molecule has 0 aliphatic carbocycles. The van der Waals surface area contributed by atoms with Crippen LogP contribution in [0.15, 0.2) is 18.2 Å². The molecule has 1 aromatic rings. The lowest BCUT2D eigenvalue weighted by Gasteiger charge is -2.38. The van der Waals surface area contributed by atoms with Crippen molar-refractivity contribution in [2.45, 2.75) is 40.7 Å². The number of piperazine rings is 1. The van der Waals surface area contributed by atoms with Gasteiger partial charge in [-0.05, 0) is 31.0 Å². The van der Waals surface area contributed by atoms with Crippen LogP contribution in [0.25, 0.3) is 0 Å². The summed E-state index contributed by atoms with van der Waals surface area (Å²) in [5, 5.41) is 10.3. The molecule has 2 rings (SSSR count). The molecule has 0 saturated carbocycles. The van der Waals surface area contributed by atoms with E-state index in [-0.39, 0.29) is 17.9 Å². The van der Waals surface area contributed by atoms with Gasteiger partial charge in [-0.2, -0.15) is 0 Å². The first-order chi connectivity index (χ1) is 11.7. The van der Waals surface area contributed by atoms with Gasteiger partial charge >= 0.3 is 0 Å². The average Bonchev–Trinajstić information content (AvgIpc) is 2.55. The topological polar surface area (TPSA) is 53.0 Å². The number of ether oxygens (including phenoxy) is 1. The standard InChI is InChI=1S/C20H32N2O3/c1-15-6-7-16(2)18(12-15)25-14-17(23)13-21-8-10-22(11-9-21)19(24)20(3,4)5/h6-7,12,17,23H,8-11,13-14H2,1-5H3. The molecular weight excluding hydrogens is 316 g/mol. The molecule has 140 valence electrons. The van der Waals surface area contributed by atoms with Crippen LogP contribution in [-0.4, -0.2) is 66.2 Å². The Morgan fingerprint density at radius 2 is 1.84 bits per heavy atom. The quantitative estimate of drug-likeness (QED) is 0.887. The van der Waals surface area contributed by atoms with E-state index in [0.29, 0.717) is 6.54 Å². The zero-order valence-electron chi connectivity index (χ0n) is 16.2. The fourth-order valence-corrected chi connectivity index (χ4v) is 3.01. The summed E-state index contributed by atoms with van der Waals surface area (Å²) in [6.45, 7) is 13.8. The number of amides is 1. The van der Waals surface area contributed by atoms with Crippen molar-refractivity contribution in [3.63, 3.8) is 0 Å². The number of carbonyl (C=O) groups excluding carboxylic acids is 1. The number of hydrogen-bond acceptors (Lipinski definition) is 4. The molecule has 1 fully saturated rings. The number of β-amino-alcohol motifs (C(OH)–C–C–N with tert-alkyl or cyclic N) is 1. The van der Waals surface area contributed by atoms with Gasteiger partial charge in [-0.3, -0.25) is 9.69 Å². The molecule has 1 aliphatic rings. The van der Waals surface area contributed by atoms with Gasteiger partial charge in [0.05, 0.1) is 0 Å². The summed E-state index contributed by atoms with van der Waals surface area (Å²) in [6.07, 6.45) is -0.537. The Morgan fingerprint density at radius 3 is 2.44 bits per heavy atom. The molecule has 1 atom stereocenters. The number of hydrogen-bond donors (Lipinski definition) is 1. The molecule has 0 spiro atoms. The Bertz CT molecular complexity index is 587. The van der Waals surface area contributed by atoms with Gasteiger partial charge in [0.1, 0.15) is 18.5 Å². The van der Waals surface area contributed by atoms with Crippen molar-refractivity contribution in [3.8, 4) is 5.75 Å². The smallest absolute Gasteiger partial charge is 0.228 e. The molecule has 1 amide bonds. The predicted octanol–water partition coefficient (Wildman–Crippen LogP) is 2.23. The SMILES string of the molecule is Cc1ccc(C)c(OCC(O)CN2CCN(C(=O)C(C)(C)C)CC2)c1. The monoisotopic (exact) mass is 348 g/mol. The lowest BCUT2D eigenvalue weighted by Crippen LogP contribution is -2.53. The molecule has 0 bridgehead atoms. The van der Waals surface area contributed by atoms with Crippen molar-refractivity contribution in [3.05, 3.63) is 29.3 Å². The van der Waals surface area contributed by atoms with Crippen LogP contribution in [0.4, 0.5) is 0 Å². The Balaban J connectivity index is 1.76. The predicted molar refractivity (Wildman–Crippen MR) is 99.9 cm³/mol. The highest BCUT2D eigenvalue weighted by Crippen LogP contribution is 2.20. The minimum Gasteiger partial charge on any atom is -0.491 e. The van der Waals surface area contributed by atoms with Crippen LogP contribution in [-0.2, 0) is 4.79 Å². The Kier molecular flexibility index (Phi) is 6.47. The zero-order valence-corrected chi connectivity index (χ0v) is 16.2. The Hall–Kier alpha value is -1.59. The normalized spacial score (nSPS) is 17.4. The molecule has 1 heterocycles. The van der Waals surface area contributed by atoms with Crippen molar-refractivity contribution in [2.24, 2.45) is 5.41 Å². The van der Waals surface area contributed by atoms with Crippen molar-refractivity contribution >= 4 is 5.91 Å². The molecule has 1 unspecified atom stereocenters. The van der Waals surface area contributed by atoms with E-state index in [0.717, 1.165) is 43.1 Å². The summed E-state index contributed by atoms with van der Waals surface area (Å²) in [5.41, 5.74) is 1.89. The van der Waals surface area contributed by atoms with Gasteiger partial charge in [-0.25, -0.2) is 0 Å². The van der Waals surface area contributed by atoms with Gasteiger partial charge in [0.15, 0.2) is 0 Å². The summed E-state index contributed by atoms with van der Waals surface area (Å²) in [5.74, 6) is 1.03. The summed E-state index contributed by atoms with van der Waals surface area (Å²) in [7, 11) is 0. The van der Waals surface area contributed by atoms with E-state index in [2.05, 4.69) is 11.0 Å². The zero-order chi connectivity index (χ0) is 18.6. The largest absolute Gasteiger partial charge is 0.491 e. The van der Waals surface area contributed by atoms with Gasteiger partial charge in [0.25, 0.3) is 0 Å². The van der Waals surface area contributed by atoms with Gasteiger partial charge in [0.2, 0.25) is 5.91 Å². The van der Waals surface area contributed by atoms with E-state index in [9.17, 15) is 9.90 Å². The lowest BCUT2D eigenvalue weighted by molar-refractivity contribution is -0.141. The first-order valence-electron chi connectivity index (χ1n) is 9.06. The lowest BCUT2D eigenvalue weighted by atomic mass is 9.94. The maximum atomic E-state index is 12.3. The van der Waals surface area contributed by atoms with Gasteiger partial charge in [-0.1, -0.05) is 32.9 Å². The summed E-state index contributed by atoms with van der Waals surface area (Å²) < 4.78 is 5.78. The minimum absolute atomic E-state index is 0.200. The number of nitrogens with zero attached hydrogens (tertiary/aromatic N) is 2. The number of aliphatic hydroxyl groups is 1. The molecular formula is C20H32N2O3. The van der Waals surface area contributed by atoms with Crippen LogP contribution in [0.2, 0.25) is 0 Å². The molecule has 1 saturated heterocycles. The molecule has 0 radical (unpaired) electrons. The van der Waals surface area contributed by atoms with Crippen molar-refractivity contribution in [1.82, 2.24) is 9.80 Å². The first kappa shape index (κ1) is 19.7. The van der Waals surface area contributed by atoms with E-state index in [1.165, 1.54) is 0 Å². The molecule has 1 aliphatic heterocycles. The summed E-state index contributed by atoms with van der Waals surface area (Å²) >= 11 is 0. The molecule has 1 N–H and O–H groups in total. The van der Waals surface area contributed by atoms with Crippen LogP contribution in [0.3, 0.4) is 0 Å². The van der Waals surface area contributed by atoms with E-state index in [1.54, 1.807) is 0 Å². The fraction of sp³-hybridized carbons (Fsp3) is 0.650. The van der Waals surface area contributed by atoms with Crippen LogP contribution >= 0.6 is 0 Å². The summed E-state index contributed by atoms with van der Waals surface area (Å²) in [6, 6.07) is 6.08. The fourth-order valence-electron chi connectivity index (χ4n) is 3.01. The third kappa shape index (κ3) is 5.72. The van der Waals surface area contributed by atoms with E-state index < -0.39 is 6.10 Å². The van der Waals surface area contributed by atoms with Crippen LogP contribution < -0.4 is 4.74 Å². The highest BCUT2D eigenvalue weighted by atomic mass is 16.5. The number of aliphatic hydroxyl groups excluding tert-OH is 1. The molecule has 0 aromatic heterocycles. The highest BCUT2D eigenvalue weighted by molar-refractivity contribution is 5.81. The highest BCUT2D eigenvalue weighted by Gasteiger charge is 2.30.